The van der Waals surface area contributed by atoms with Gasteiger partial charge in [0, 0.05) is 25.3 Å². The minimum atomic E-state index is -0.661. The van der Waals surface area contributed by atoms with E-state index in [1.165, 1.54) is 0 Å². The van der Waals surface area contributed by atoms with Crippen molar-refractivity contribution in [2.75, 3.05) is 38.9 Å². The van der Waals surface area contributed by atoms with E-state index in [1.807, 2.05) is 38.1 Å². The normalized spacial score (nSPS) is 12.0. The molecule has 1 atom stereocenters. The van der Waals surface area contributed by atoms with E-state index < -0.39 is 6.10 Å². The minimum absolute atomic E-state index is 0. The molecule has 9 nitrogen and oxygen atoms in total. The second-order valence-corrected chi connectivity index (χ2v) is 7.31. The summed E-state index contributed by atoms with van der Waals surface area (Å²) in [5.74, 6) is 6.85. The predicted octanol–water partition coefficient (Wildman–Crippen LogP) is 1.56. The van der Waals surface area contributed by atoms with Crippen LogP contribution in [0.4, 0.5) is 5.82 Å². The van der Waals surface area contributed by atoms with Crippen molar-refractivity contribution in [3.63, 3.8) is 0 Å². The Balaban J connectivity index is 0.00000450. The molecule has 1 aromatic heterocycles. The molecule has 1 aromatic carbocycles. The zero-order valence-electron chi connectivity index (χ0n) is 17.6. The third-order valence-electron chi connectivity index (χ3n) is 4.12. The molecule has 0 radical (unpaired) electrons. The van der Waals surface area contributed by atoms with Gasteiger partial charge in [-0.05, 0) is 44.0 Å². The van der Waals surface area contributed by atoms with Gasteiger partial charge in [-0.1, -0.05) is 12.1 Å². The maximum atomic E-state index is 10.2. The van der Waals surface area contributed by atoms with Gasteiger partial charge in [-0.2, -0.15) is 0 Å². The smallest absolute Gasteiger partial charge is 0.233 e. The highest BCUT2D eigenvalue weighted by Crippen LogP contribution is 2.14. The van der Waals surface area contributed by atoms with Gasteiger partial charge in [-0.25, -0.2) is 5.84 Å². The highest BCUT2D eigenvalue weighted by Gasteiger charge is 2.20. The summed E-state index contributed by atoms with van der Waals surface area (Å²) in [5, 5.41) is 21.3. The molecule has 2 aromatic rings. The molecule has 10 heteroatoms. The summed E-state index contributed by atoms with van der Waals surface area (Å²) in [6, 6.07) is 11.2. The van der Waals surface area contributed by atoms with E-state index in [4.69, 9.17) is 20.1 Å². The van der Waals surface area contributed by atoms with Crippen LogP contribution < -0.4 is 26.1 Å². The summed E-state index contributed by atoms with van der Waals surface area (Å²) in [6.45, 7) is 5.52. The minimum Gasteiger partial charge on any atom is -0.491 e. The number of aliphatic hydroxyl groups is 1. The number of nitrogens with zero attached hydrogens (tertiary/aromatic N) is 2. The summed E-state index contributed by atoms with van der Waals surface area (Å²) < 4.78 is 16.4. The van der Waals surface area contributed by atoms with Gasteiger partial charge >= 0.3 is 0 Å². The number of methoxy groups -OCH3 is 1. The molecule has 30 heavy (non-hydrogen) atoms. The number of hydrazine groups is 1. The first-order valence-corrected chi connectivity index (χ1v) is 9.49. The van der Waals surface area contributed by atoms with Gasteiger partial charge in [0.2, 0.25) is 5.88 Å². The second-order valence-electron chi connectivity index (χ2n) is 7.31. The standard InChI is InChI=1S/C20H31N5O4.ClH/c1-20(2,14-29-19-8-7-18(23-21)24-25-19)22-12-16(26)13-28-17-6-4-5-15(11-17)9-10-27-3;/h4-8,11,16,22,26H,9-10,12-14,21H2,1-3H3,(H,23,24);1H. The average molecular weight is 442 g/mol. The maximum absolute atomic E-state index is 10.2. The van der Waals surface area contributed by atoms with Crippen molar-refractivity contribution >= 4 is 18.2 Å². The summed E-state index contributed by atoms with van der Waals surface area (Å²) in [4.78, 5) is 0. The van der Waals surface area contributed by atoms with Gasteiger partial charge in [0.15, 0.2) is 5.82 Å². The monoisotopic (exact) mass is 441 g/mol. The lowest BCUT2D eigenvalue weighted by atomic mass is 10.1. The third-order valence-corrected chi connectivity index (χ3v) is 4.12. The van der Waals surface area contributed by atoms with Gasteiger partial charge in [0.1, 0.15) is 25.1 Å². The number of ether oxygens (including phenoxy) is 3. The number of nitrogen functional groups attached to an aromatic ring is 1. The lowest BCUT2D eigenvalue weighted by Gasteiger charge is -2.27. The Morgan fingerprint density at radius 2 is 1.97 bits per heavy atom. The third kappa shape index (κ3) is 9.55. The summed E-state index contributed by atoms with van der Waals surface area (Å²) in [5.41, 5.74) is 3.16. The molecule has 0 amide bonds. The van der Waals surface area contributed by atoms with Crippen molar-refractivity contribution in [2.45, 2.75) is 31.9 Å². The molecule has 2 rings (SSSR count). The number of aliphatic hydroxyl groups excluding tert-OH is 1. The quantitative estimate of drug-likeness (QED) is 0.270. The van der Waals surface area contributed by atoms with Gasteiger partial charge in [0.25, 0.3) is 0 Å². The number of nitrogens with one attached hydrogen (secondary N) is 2. The highest BCUT2D eigenvalue weighted by molar-refractivity contribution is 5.85. The SMILES string of the molecule is COCCc1cccc(OCC(O)CNC(C)(C)COc2ccc(NN)nn2)c1.Cl. The van der Waals surface area contributed by atoms with Gasteiger partial charge in [-0.3, -0.25) is 0 Å². The number of anilines is 1. The van der Waals surface area contributed by atoms with Crippen LogP contribution in [0.25, 0.3) is 0 Å². The largest absolute Gasteiger partial charge is 0.491 e. The lowest BCUT2D eigenvalue weighted by molar-refractivity contribution is 0.0922. The topological polar surface area (TPSA) is 124 Å². The predicted molar refractivity (Wildman–Crippen MR) is 118 cm³/mol. The van der Waals surface area contributed by atoms with Crippen LogP contribution in [0.15, 0.2) is 36.4 Å². The molecule has 1 heterocycles. The van der Waals surface area contributed by atoms with Crippen LogP contribution in [-0.2, 0) is 11.2 Å². The van der Waals surface area contributed by atoms with Crippen molar-refractivity contribution in [1.29, 1.82) is 0 Å². The van der Waals surface area contributed by atoms with Gasteiger partial charge in [-0.15, -0.1) is 22.6 Å². The Labute approximate surface area is 183 Å². The van der Waals surface area contributed by atoms with Crippen LogP contribution in [0.1, 0.15) is 19.4 Å². The molecule has 0 aliphatic rings. The van der Waals surface area contributed by atoms with E-state index in [1.54, 1.807) is 19.2 Å². The average Bonchev–Trinajstić information content (AvgIpc) is 2.74. The Morgan fingerprint density at radius 1 is 1.17 bits per heavy atom. The molecular formula is C20H32ClN5O4. The molecule has 5 N–H and O–H groups in total. The number of nitrogens with two attached hydrogens (primary N) is 1. The van der Waals surface area contributed by atoms with E-state index >= 15 is 0 Å². The first kappa shape index (κ1) is 25.9. The first-order valence-electron chi connectivity index (χ1n) is 9.49. The zero-order chi connectivity index (χ0) is 21.1. The van der Waals surface area contributed by atoms with E-state index in [2.05, 4.69) is 20.9 Å². The van der Waals surface area contributed by atoms with Crippen molar-refractivity contribution < 1.29 is 19.3 Å². The van der Waals surface area contributed by atoms with E-state index in [9.17, 15) is 5.11 Å². The molecule has 1 unspecified atom stereocenters. The van der Waals surface area contributed by atoms with E-state index in [-0.39, 0.29) is 24.6 Å². The molecular weight excluding hydrogens is 410 g/mol. The van der Waals surface area contributed by atoms with Crippen LogP contribution in [0.5, 0.6) is 11.6 Å². The van der Waals surface area contributed by atoms with E-state index in [0.717, 1.165) is 17.7 Å². The van der Waals surface area contributed by atoms with Crippen LogP contribution in [0.2, 0.25) is 0 Å². The number of β-amino-alcohol motifs (C(OH)–C–C–N with tert-alkyl or cyclic N) is 1. The molecule has 0 bridgehead atoms. The summed E-state index contributed by atoms with van der Waals surface area (Å²) in [7, 11) is 1.68. The van der Waals surface area contributed by atoms with Crippen LogP contribution in [0, 0.1) is 0 Å². The van der Waals surface area contributed by atoms with Crippen molar-refractivity contribution in [3.05, 3.63) is 42.0 Å². The fourth-order valence-electron chi connectivity index (χ4n) is 2.44. The Morgan fingerprint density at radius 3 is 2.63 bits per heavy atom. The van der Waals surface area contributed by atoms with Crippen LogP contribution >= 0.6 is 12.4 Å². The molecule has 0 aliphatic heterocycles. The van der Waals surface area contributed by atoms with Gasteiger partial charge in [0.05, 0.1) is 6.61 Å². The highest BCUT2D eigenvalue weighted by atomic mass is 35.5. The lowest BCUT2D eigenvalue weighted by Crippen LogP contribution is -2.48. The van der Waals surface area contributed by atoms with Crippen molar-refractivity contribution in [1.82, 2.24) is 15.5 Å². The Bertz CT molecular complexity index is 733. The number of aromatic nitrogens is 2. The molecule has 0 spiro atoms. The second kappa shape index (κ2) is 13.2. The Kier molecular flexibility index (Phi) is 11.4. The maximum Gasteiger partial charge on any atom is 0.233 e. The number of halogens is 1. The number of hydrogen-bond acceptors (Lipinski definition) is 9. The summed E-state index contributed by atoms with van der Waals surface area (Å²) in [6.07, 6.45) is 0.161. The van der Waals surface area contributed by atoms with Crippen molar-refractivity contribution in [3.8, 4) is 11.6 Å². The number of rotatable bonds is 13. The first-order chi connectivity index (χ1) is 13.9. The molecule has 0 saturated heterocycles. The van der Waals surface area contributed by atoms with Gasteiger partial charge < -0.3 is 30.1 Å². The molecule has 168 valence electrons. The van der Waals surface area contributed by atoms with Crippen LogP contribution in [-0.4, -0.2) is 60.4 Å². The number of benzene rings is 1. The Hall–Kier alpha value is -2.17. The molecule has 0 saturated carbocycles. The molecule has 0 aliphatic carbocycles. The van der Waals surface area contributed by atoms with E-state index in [0.29, 0.717) is 31.5 Å². The van der Waals surface area contributed by atoms with Crippen LogP contribution in [0.3, 0.4) is 0 Å². The summed E-state index contributed by atoms with van der Waals surface area (Å²) >= 11 is 0. The molecule has 0 fully saturated rings. The number of hydrogen-bond donors (Lipinski definition) is 4. The fourth-order valence-corrected chi connectivity index (χ4v) is 2.44. The fraction of sp³-hybridized carbons (Fsp3) is 0.500. The zero-order valence-corrected chi connectivity index (χ0v) is 18.4. The van der Waals surface area contributed by atoms with Crippen molar-refractivity contribution in [2.24, 2.45) is 5.84 Å².